The third kappa shape index (κ3) is 2.80. The number of hydrogen-bond donors (Lipinski definition) is 1. The van der Waals surface area contributed by atoms with Crippen LogP contribution in [0.2, 0.25) is 0 Å². The first-order chi connectivity index (χ1) is 4.22. The lowest BCUT2D eigenvalue weighted by atomic mass is 9.94. The van der Waals surface area contributed by atoms with E-state index in [1.54, 1.807) is 13.0 Å². The van der Waals surface area contributed by atoms with Gasteiger partial charge in [0.05, 0.1) is 0 Å². The van der Waals surface area contributed by atoms with Crippen molar-refractivity contribution < 1.29 is 5.11 Å². The molecule has 46 valence electrons. The van der Waals surface area contributed by atoms with Crippen molar-refractivity contribution in [2.75, 3.05) is 0 Å². The Morgan fingerprint density at radius 2 is 2.22 bits per heavy atom. The summed E-state index contributed by atoms with van der Waals surface area (Å²) in [4.78, 5) is 0. The Morgan fingerprint density at radius 1 is 1.67 bits per heavy atom. The normalized spacial score (nSPS) is 13.4. The van der Waals surface area contributed by atoms with Crippen molar-refractivity contribution in [3.8, 4) is 0 Å². The van der Waals surface area contributed by atoms with E-state index >= 15 is 0 Å². The standard InChI is InChI=1S/C7H9BO/c1-3-5-7(9)6(8)4-2/h3-5,9H,2H2,1H3/b5-3-,7-6-. The summed E-state index contributed by atoms with van der Waals surface area (Å²) in [7, 11) is 5.26. The molecule has 0 aliphatic carbocycles. The van der Waals surface area contributed by atoms with Crippen molar-refractivity contribution in [1.29, 1.82) is 0 Å². The highest BCUT2D eigenvalue weighted by atomic mass is 16.3. The fourth-order valence-corrected chi connectivity index (χ4v) is 0.359. The minimum atomic E-state index is 0.0625. The van der Waals surface area contributed by atoms with E-state index in [4.69, 9.17) is 13.0 Å². The van der Waals surface area contributed by atoms with Crippen molar-refractivity contribution in [1.82, 2.24) is 0 Å². The number of aliphatic hydroxyl groups excluding tert-OH is 1. The summed E-state index contributed by atoms with van der Waals surface area (Å²) in [6, 6.07) is 0. The number of rotatable bonds is 2. The van der Waals surface area contributed by atoms with Gasteiger partial charge in [-0.2, -0.15) is 0 Å². The van der Waals surface area contributed by atoms with Gasteiger partial charge >= 0.3 is 0 Å². The first-order valence-corrected chi connectivity index (χ1v) is 2.66. The van der Waals surface area contributed by atoms with E-state index < -0.39 is 0 Å². The van der Waals surface area contributed by atoms with E-state index in [-0.39, 0.29) is 5.76 Å². The fraction of sp³-hybridized carbons (Fsp3) is 0.143. The molecule has 2 heteroatoms. The molecule has 0 saturated heterocycles. The SMILES string of the molecule is [B]/C(C=C)=C(O)/C=C\C. The van der Waals surface area contributed by atoms with Gasteiger partial charge in [-0.05, 0) is 13.0 Å². The van der Waals surface area contributed by atoms with Crippen LogP contribution in [-0.4, -0.2) is 13.0 Å². The maximum Gasteiger partial charge on any atom is 0.118 e. The predicted molar refractivity (Wildman–Crippen MR) is 40.4 cm³/mol. The highest BCUT2D eigenvalue weighted by Crippen LogP contribution is 1.98. The van der Waals surface area contributed by atoms with E-state index in [2.05, 4.69) is 6.58 Å². The van der Waals surface area contributed by atoms with Crippen LogP contribution in [0.4, 0.5) is 0 Å². The molecule has 0 rings (SSSR count). The topological polar surface area (TPSA) is 20.2 Å². The third-order valence-corrected chi connectivity index (χ3v) is 0.840. The molecule has 0 saturated carbocycles. The smallest absolute Gasteiger partial charge is 0.118 e. The van der Waals surface area contributed by atoms with Crippen molar-refractivity contribution in [2.24, 2.45) is 0 Å². The Bertz CT molecular complexity index is 156. The van der Waals surface area contributed by atoms with Crippen LogP contribution < -0.4 is 0 Å². The summed E-state index contributed by atoms with van der Waals surface area (Å²) >= 11 is 0. The van der Waals surface area contributed by atoms with E-state index in [1.807, 2.05) is 0 Å². The monoisotopic (exact) mass is 120 g/mol. The van der Waals surface area contributed by atoms with Crippen molar-refractivity contribution in [2.45, 2.75) is 6.92 Å². The van der Waals surface area contributed by atoms with Gasteiger partial charge in [-0.15, -0.1) is 0 Å². The van der Waals surface area contributed by atoms with Gasteiger partial charge in [0.1, 0.15) is 13.6 Å². The number of hydrogen-bond acceptors (Lipinski definition) is 1. The molecule has 0 aromatic heterocycles. The zero-order valence-corrected chi connectivity index (χ0v) is 5.46. The Hall–Kier alpha value is -0.915. The summed E-state index contributed by atoms with van der Waals surface area (Å²) in [6.45, 7) is 5.19. The molecule has 0 heterocycles. The highest BCUT2D eigenvalue weighted by Gasteiger charge is 1.86. The van der Waals surface area contributed by atoms with Gasteiger partial charge in [0, 0.05) is 0 Å². The molecule has 0 aromatic carbocycles. The molecular weight excluding hydrogens is 111 g/mol. The Kier molecular flexibility index (Phi) is 3.61. The summed E-state index contributed by atoms with van der Waals surface area (Å²) in [5.41, 5.74) is 0.299. The number of allylic oxidation sites excluding steroid dienone is 4. The van der Waals surface area contributed by atoms with Crippen LogP contribution in [0.15, 0.2) is 36.0 Å². The van der Waals surface area contributed by atoms with Gasteiger partial charge in [0.15, 0.2) is 0 Å². The third-order valence-electron chi connectivity index (χ3n) is 0.840. The van der Waals surface area contributed by atoms with Crippen LogP contribution in [0.1, 0.15) is 6.92 Å². The molecule has 0 aromatic rings. The Labute approximate surface area is 56.8 Å². The lowest BCUT2D eigenvalue weighted by Gasteiger charge is -1.92. The van der Waals surface area contributed by atoms with Crippen molar-refractivity contribution in [3.63, 3.8) is 0 Å². The Balaban J connectivity index is 4.27. The van der Waals surface area contributed by atoms with Gasteiger partial charge in [0.25, 0.3) is 0 Å². The molecule has 9 heavy (non-hydrogen) atoms. The lowest BCUT2D eigenvalue weighted by molar-refractivity contribution is 0.431. The lowest BCUT2D eigenvalue weighted by Crippen LogP contribution is -1.82. The minimum absolute atomic E-state index is 0.0625. The minimum Gasteiger partial charge on any atom is -0.509 e. The molecule has 0 amide bonds. The summed E-state index contributed by atoms with van der Waals surface area (Å²) in [6.07, 6.45) is 4.61. The molecule has 0 fully saturated rings. The fourth-order valence-electron chi connectivity index (χ4n) is 0.359. The van der Waals surface area contributed by atoms with Gasteiger partial charge in [-0.3, -0.25) is 0 Å². The van der Waals surface area contributed by atoms with Crippen LogP contribution in [0, 0.1) is 0 Å². The van der Waals surface area contributed by atoms with E-state index in [0.29, 0.717) is 5.47 Å². The molecule has 0 spiro atoms. The summed E-state index contributed by atoms with van der Waals surface area (Å²) in [5.74, 6) is 0.0625. The molecule has 0 atom stereocenters. The highest BCUT2D eigenvalue weighted by molar-refractivity contribution is 6.23. The van der Waals surface area contributed by atoms with Gasteiger partial charge in [-0.25, -0.2) is 0 Å². The molecular formula is C7H9BO. The molecule has 0 unspecified atom stereocenters. The molecule has 1 nitrogen and oxygen atoms in total. The van der Waals surface area contributed by atoms with E-state index in [9.17, 15) is 0 Å². The van der Waals surface area contributed by atoms with E-state index in [0.717, 1.165) is 0 Å². The van der Waals surface area contributed by atoms with Crippen LogP contribution in [-0.2, 0) is 0 Å². The quantitative estimate of drug-likeness (QED) is 0.334. The first kappa shape index (κ1) is 8.08. The van der Waals surface area contributed by atoms with Crippen LogP contribution in [0.25, 0.3) is 0 Å². The zero-order valence-electron chi connectivity index (χ0n) is 5.46. The molecule has 0 aliphatic rings. The van der Waals surface area contributed by atoms with Gasteiger partial charge < -0.3 is 5.11 Å². The summed E-state index contributed by atoms with van der Waals surface area (Å²) < 4.78 is 0. The van der Waals surface area contributed by atoms with Crippen molar-refractivity contribution >= 4 is 7.85 Å². The second-order valence-corrected chi connectivity index (χ2v) is 1.54. The molecule has 1 N–H and O–H groups in total. The zero-order chi connectivity index (χ0) is 7.28. The first-order valence-electron chi connectivity index (χ1n) is 2.66. The van der Waals surface area contributed by atoms with Gasteiger partial charge in [-0.1, -0.05) is 24.2 Å². The van der Waals surface area contributed by atoms with E-state index in [1.165, 1.54) is 12.2 Å². The maximum absolute atomic E-state index is 8.91. The largest absolute Gasteiger partial charge is 0.509 e. The van der Waals surface area contributed by atoms with Crippen LogP contribution in [0.5, 0.6) is 0 Å². The molecule has 0 aliphatic heterocycles. The summed E-state index contributed by atoms with van der Waals surface area (Å²) in [5, 5.41) is 8.91. The molecule has 0 bridgehead atoms. The van der Waals surface area contributed by atoms with Crippen molar-refractivity contribution in [3.05, 3.63) is 36.0 Å². The maximum atomic E-state index is 8.91. The van der Waals surface area contributed by atoms with Crippen LogP contribution in [0.3, 0.4) is 0 Å². The van der Waals surface area contributed by atoms with Crippen LogP contribution >= 0.6 is 0 Å². The van der Waals surface area contributed by atoms with Gasteiger partial charge in [0.2, 0.25) is 0 Å². The average Bonchev–Trinajstić information content (AvgIpc) is 1.87. The second kappa shape index (κ2) is 4.01. The average molecular weight is 120 g/mol. The number of aliphatic hydroxyl groups is 1. The second-order valence-electron chi connectivity index (χ2n) is 1.54. The Morgan fingerprint density at radius 3 is 2.56 bits per heavy atom. The predicted octanol–water partition coefficient (Wildman–Crippen LogP) is 1.69. The molecule has 2 radical (unpaired) electrons.